The largest absolute Gasteiger partial charge is 0.444 e. The van der Waals surface area contributed by atoms with Gasteiger partial charge in [0.25, 0.3) is 5.91 Å². The molecule has 2 rings (SSSR count). The average molecular weight is 358 g/mol. The summed E-state index contributed by atoms with van der Waals surface area (Å²) in [5.74, 6) is -0.764. The van der Waals surface area contributed by atoms with Crippen molar-refractivity contribution in [3.05, 3.63) is 41.5 Å². The third kappa shape index (κ3) is 4.71. The van der Waals surface area contributed by atoms with Gasteiger partial charge in [0.1, 0.15) is 5.60 Å². The standard InChI is InChI=1S/C20H26N2O4/c1-14-9-6-7-11-17(14)22(15(2)23)18(24)16-10-8-12-21(13-16)19(25)26-20(3,4)5/h6-7,9-11H,8,12-13H2,1-5H3. The highest BCUT2D eigenvalue weighted by molar-refractivity contribution is 6.20. The van der Waals surface area contributed by atoms with Crippen molar-refractivity contribution in [1.29, 1.82) is 0 Å². The Morgan fingerprint density at radius 3 is 2.38 bits per heavy atom. The second-order valence-corrected chi connectivity index (χ2v) is 7.37. The molecular formula is C20H26N2O4. The number of aryl methyl sites for hydroxylation is 1. The molecule has 0 radical (unpaired) electrons. The fourth-order valence-electron chi connectivity index (χ4n) is 2.76. The molecule has 1 aromatic rings. The Balaban J connectivity index is 2.22. The van der Waals surface area contributed by atoms with Crippen molar-refractivity contribution in [2.24, 2.45) is 0 Å². The van der Waals surface area contributed by atoms with Crippen LogP contribution in [0.15, 0.2) is 35.9 Å². The van der Waals surface area contributed by atoms with Crippen molar-refractivity contribution in [1.82, 2.24) is 4.90 Å². The van der Waals surface area contributed by atoms with E-state index in [-0.39, 0.29) is 12.5 Å². The number of imide groups is 1. The zero-order chi connectivity index (χ0) is 19.5. The Bertz CT molecular complexity index is 746. The number of amides is 3. The third-order valence-corrected chi connectivity index (χ3v) is 3.95. The first-order valence-corrected chi connectivity index (χ1v) is 8.68. The van der Waals surface area contributed by atoms with Crippen LogP contribution in [0.3, 0.4) is 0 Å². The molecule has 0 bridgehead atoms. The monoisotopic (exact) mass is 358 g/mol. The molecule has 0 spiro atoms. The molecule has 140 valence electrons. The molecule has 0 aliphatic carbocycles. The van der Waals surface area contributed by atoms with Crippen LogP contribution in [-0.4, -0.2) is 41.5 Å². The molecule has 0 aromatic heterocycles. The fraction of sp³-hybridized carbons (Fsp3) is 0.450. The van der Waals surface area contributed by atoms with Crippen molar-refractivity contribution in [3.8, 4) is 0 Å². The van der Waals surface area contributed by atoms with Crippen LogP contribution in [0, 0.1) is 6.92 Å². The molecule has 0 fully saturated rings. The molecule has 0 saturated carbocycles. The summed E-state index contributed by atoms with van der Waals surface area (Å²) in [6.07, 6.45) is 1.87. The fourth-order valence-corrected chi connectivity index (χ4v) is 2.76. The van der Waals surface area contributed by atoms with E-state index in [1.165, 1.54) is 16.7 Å². The molecule has 26 heavy (non-hydrogen) atoms. The number of hydrogen-bond acceptors (Lipinski definition) is 4. The first-order chi connectivity index (χ1) is 12.1. The van der Waals surface area contributed by atoms with E-state index in [4.69, 9.17) is 4.74 Å². The number of anilines is 1. The van der Waals surface area contributed by atoms with Gasteiger partial charge in [-0.2, -0.15) is 0 Å². The Morgan fingerprint density at radius 2 is 1.81 bits per heavy atom. The van der Waals surface area contributed by atoms with Gasteiger partial charge >= 0.3 is 6.09 Å². The summed E-state index contributed by atoms with van der Waals surface area (Å²) >= 11 is 0. The highest BCUT2D eigenvalue weighted by Gasteiger charge is 2.30. The summed E-state index contributed by atoms with van der Waals surface area (Å²) in [7, 11) is 0. The van der Waals surface area contributed by atoms with Crippen LogP contribution in [-0.2, 0) is 14.3 Å². The minimum Gasteiger partial charge on any atom is -0.444 e. The van der Waals surface area contributed by atoms with Crippen LogP contribution in [0.4, 0.5) is 10.5 Å². The lowest BCUT2D eigenvalue weighted by Gasteiger charge is -2.31. The van der Waals surface area contributed by atoms with Crippen molar-refractivity contribution in [3.63, 3.8) is 0 Å². The Morgan fingerprint density at radius 1 is 1.15 bits per heavy atom. The Labute approximate surface area is 154 Å². The minimum atomic E-state index is -0.602. The van der Waals surface area contributed by atoms with E-state index in [1.807, 2.05) is 19.1 Å². The minimum absolute atomic E-state index is 0.128. The van der Waals surface area contributed by atoms with Gasteiger partial charge in [-0.25, -0.2) is 9.69 Å². The lowest BCUT2D eigenvalue weighted by atomic mass is 10.1. The number of ether oxygens (including phenoxy) is 1. The number of carbonyl (C=O) groups is 3. The van der Waals surface area contributed by atoms with E-state index in [0.29, 0.717) is 24.2 Å². The summed E-state index contributed by atoms with van der Waals surface area (Å²) in [5, 5.41) is 0. The zero-order valence-corrected chi connectivity index (χ0v) is 16.0. The maximum Gasteiger partial charge on any atom is 0.410 e. The lowest BCUT2D eigenvalue weighted by Crippen LogP contribution is -2.44. The van der Waals surface area contributed by atoms with E-state index >= 15 is 0 Å². The van der Waals surface area contributed by atoms with E-state index in [9.17, 15) is 14.4 Å². The third-order valence-electron chi connectivity index (χ3n) is 3.95. The van der Waals surface area contributed by atoms with Crippen LogP contribution in [0.5, 0.6) is 0 Å². The molecule has 0 unspecified atom stereocenters. The van der Waals surface area contributed by atoms with Gasteiger partial charge in [-0.05, 0) is 45.7 Å². The van der Waals surface area contributed by atoms with E-state index in [2.05, 4.69) is 0 Å². The molecule has 3 amide bonds. The second-order valence-electron chi connectivity index (χ2n) is 7.37. The van der Waals surface area contributed by atoms with E-state index in [1.54, 1.807) is 39.0 Å². The SMILES string of the molecule is CC(=O)N(C(=O)C1=CCCN(C(=O)OC(C)(C)C)C1)c1ccccc1C. The Kier molecular flexibility index (Phi) is 5.85. The van der Waals surface area contributed by atoms with E-state index in [0.717, 1.165) is 5.56 Å². The van der Waals surface area contributed by atoms with Gasteiger partial charge in [-0.15, -0.1) is 0 Å². The molecular weight excluding hydrogens is 332 g/mol. The lowest BCUT2D eigenvalue weighted by molar-refractivity contribution is -0.123. The second kappa shape index (κ2) is 7.72. The van der Waals surface area contributed by atoms with Gasteiger partial charge in [0.2, 0.25) is 5.91 Å². The maximum absolute atomic E-state index is 13.0. The van der Waals surface area contributed by atoms with Gasteiger partial charge in [-0.3, -0.25) is 9.59 Å². The van der Waals surface area contributed by atoms with E-state index < -0.39 is 17.6 Å². The Hall–Kier alpha value is -2.63. The smallest absolute Gasteiger partial charge is 0.410 e. The van der Waals surface area contributed by atoms with Crippen molar-refractivity contribution < 1.29 is 19.1 Å². The van der Waals surface area contributed by atoms with Crippen LogP contribution >= 0.6 is 0 Å². The molecule has 1 heterocycles. The molecule has 0 atom stereocenters. The molecule has 6 heteroatoms. The zero-order valence-electron chi connectivity index (χ0n) is 16.0. The summed E-state index contributed by atoms with van der Waals surface area (Å²) in [6, 6.07) is 7.23. The first kappa shape index (κ1) is 19.7. The number of rotatable bonds is 2. The van der Waals surface area contributed by atoms with Gasteiger partial charge in [0.05, 0.1) is 12.2 Å². The topological polar surface area (TPSA) is 66.9 Å². The number of hydrogen-bond donors (Lipinski definition) is 0. The summed E-state index contributed by atoms with van der Waals surface area (Å²) in [6.45, 7) is 9.21. The van der Waals surface area contributed by atoms with Crippen molar-refractivity contribution >= 4 is 23.6 Å². The van der Waals surface area contributed by atoms with Gasteiger partial charge < -0.3 is 9.64 Å². The number of benzene rings is 1. The summed E-state index contributed by atoms with van der Waals surface area (Å²) in [5.41, 5.74) is 1.20. The van der Waals surface area contributed by atoms with Crippen LogP contribution in [0.2, 0.25) is 0 Å². The first-order valence-electron chi connectivity index (χ1n) is 8.68. The predicted octanol–water partition coefficient (Wildman–Crippen LogP) is 3.44. The average Bonchev–Trinajstić information content (AvgIpc) is 2.55. The molecule has 1 aliphatic heterocycles. The number of nitrogens with zero attached hydrogens (tertiary/aromatic N) is 2. The number of para-hydroxylation sites is 1. The highest BCUT2D eigenvalue weighted by Crippen LogP contribution is 2.23. The summed E-state index contributed by atoms with van der Waals surface area (Å²) in [4.78, 5) is 40.1. The highest BCUT2D eigenvalue weighted by atomic mass is 16.6. The quantitative estimate of drug-likeness (QED) is 0.812. The van der Waals surface area contributed by atoms with Crippen LogP contribution in [0.1, 0.15) is 39.7 Å². The molecule has 1 aliphatic rings. The van der Waals surface area contributed by atoms with Crippen molar-refractivity contribution in [2.45, 2.75) is 46.6 Å². The van der Waals surface area contributed by atoms with Crippen LogP contribution in [0.25, 0.3) is 0 Å². The molecule has 1 aromatic carbocycles. The van der Waals surface area contributed by atoms with Gasteiger partial charge in [-0.1, -0.05) is 24.3 Å². The van der Waals surface area contributed by atoms with Gasteiger partial charge in [0.15, 0.2) is 0 Å². The normalized spacial score (nSPS) is 14.5. The van der Waals surface area contributed by atoms with Crippen LogP contribution < -0.4 is 4.90 Å². The van der Waals surface area contributed by atoms with Gasteiger partial charge in [0, 0.05) is 19.0 Å². The maximum atomic E-state index is 13.0. The molecule has 6 nitrogen and oxygen atoms in total. The van der Waals surface area contributed by atoms with Crippen molar-refractivity contribution in [2.75, 3.05) is 18.0 Å². The molecule has 0 saturated heterocycles. The molecule has 0 N–H and O–H groups in total. The predicted molar refractivity (Wildman–Crippen MR) is 99.9 cm³/mol. The number of carbonyl (C=O) groups excluding carboxylic acids is 3. The summed E-state index contributed by atoms with van der Waals surface area (Å²) < 4.78 is 5.38.